The predicted molar refractivity (Wildman–Crippen MR) is 96.7 cm³/mol. The van der Waals surface area contributed by atoms with Gasteiger partial charge in [-0.05, 0) is 37.1 Å². The number of nitrogens with zero attached hydrogens (tertiary/aromatic N) is 2. The van der Waals surface area contributed by atoms with Crippen molar-refractivity contribution in [2.45, 2.75) is 45.1 Å². The van der Waals surface area contributed by atoms with Crippen molar-refractivity contribution >= 4 is 29.1 Å². The molecule has 0 aliphatic carbocycles. The zero-order valence-corrected chi connectivity index (χ0v) is 15.3. The van der Waals surface area contributed by atoms with Crippen LogP contribution in [0.2, 0.25) is 5.02 Å². The average Bonchev–Trinajstić information content (AvgIpc) is 3.04. The maximum atomic E-state index is 12.7. The van der Waals surface area contributed by atoms with Crippen molar-refractivity contribution in [2.24, 2.45) is 0 Å². The van der Waals surface area contributed by atoms with Crippen LogP contribution in [0.25, 0.3) is 0 Å². The summed E-state index contributed by atoms with van der Waals surface area (Å²) >= 11 is 5.94. The van der Waals surface area contributed by atoms with Gasteiger partial charge in [-0.1, -0.05) is 37.5 Å². The number of carbonyl (C=O) groups excluding carboxylic acids is 1. The Morgan fingerprint density at radius 2 is 2.04 bits per heavy atom. The quantitative estimate of drug-likeness (QED) is 0.886. The van der Waals surface area contributed by atoms with Gasteiger partial charge in [0.05, 0.1) is 18.0 Å². The Morgan fingerprint density at radius 3 is 2.68 bits per heavy atom. The van der Waals surface area contributed by atoms with Gasteiger partial charge >= 0.3 is 0 Å². The number of hydrogen-bond donors (Lipinski definition) is 1. The molecule has 1 aromatic heterocycles. The Morgan fingerprint density at radius 1 is 1.32 bits per heavy atom. The SMILES string of the molecule is CC(C)(C)c1cc(NC(=O)C2CCCON2c2ccc(Cl)cc2)on1. The molecule has 25 heavy (non-hydrogen) atoms. The largest absolute Gasteiger partial charge is 0.338 e. The molecule has 0 saturated carbocycles. The van der Waals surface area contributed by atoms with Gasteiger partial charge in [0.2, 0.25) is 5.88 Å². The first-order valence-electron chi connectivity index (χ1n) is 8.30. The summed E-state index contributed by atoms with van der Waals surface area (Å²) < 4.78 is 5.25. The number of carbonyl (C=O) groups is 1. The van der Waals surface area contributed by atoms with E-state index >= 15 is 0 Å². The van der Waals surface area contributed by atoms with Crippen molar-refractivity contribution in [1.29, 1.82) is 0 Å². The normalized spacial score (nSPS) is 18.2. The summed E-state index contributed by atoms with van der Waals surface area (Å²) in [7, 11) is 0. The molecular formula is C18H22ClN3O3. The van der Waals surface area contributed by atoms with Crippen molar-refractivity contribution < 1.29 is 14.2 Å². The fourth-order valence-electron chi connectivity index (χ4n) is 2.62. The Balaban J connectivity index is 1.74. The molecule has 3 rings (SSSR count). The van der Waals surface area contributed by atoms with Crippen molar-refractivity contribution in [2.75, 3.05) is 17.0 Å². The highest BCUT2D eigenvalue weighted by Gasteiger charge is 2.31. The first kappa shape index (κ1) is 17.8. The number of hydroxylamine groups is 1. The van der Waals surface area contributed by atoms with E-state index in [1.807, 2.05) is 32.9 Å². The lowest BCUT2D eigenvalue weighted by Gasteiger charge is -2.35. The molecule has 7 heteroatoms. The standard InChI is InChI=1S/C18H22ClN3O3/c1-18(2,3)15-11-16(25-21-15)20-17(23)14-5-4-10-24-22(14)13-8-6-12(19)7-9-13/h6-9,11,14H,4-5,10H2,1-3H3,(H,20,23). The van der Waals surface area contributed by atoms with Crippen LogP contribution in [0.5, 0.6) is 0 Å². The van der Waals surface area contributed by atoms with E-state index < -0.39 is 6.04 Å². The fraction of sp³-hybridized carbons (Fsp3) is 0.444. The molecule has 2 heterocycles. The second-order valence-corrected chi connectivity index (χ2v) is 7.55. The maximum Gasteiger partial charge on any atom is 0.252 e. The number of benzene rings is 1. The summed E-state index contributed by atoms with van der Waals surface area (Å²) in [6, 6.07) is 8.53. The Bertz CT molecular complexity index is 737. The molecule has 1 aromatic carbocycles. The van der Waals surface area contributed by atoms with Crippen LogP contribution in [-0.4, -0.2) is 23.7 Å². The lowest BCUT2D eigenvalue weighted by molar-refractivity contribution is -0.121. The van der Waals surface area contributed by atoms with Crippen LogP contribution in [0.1, 0.15) is 39.3 Å². The highest BCUT2D eigenvalue weighted by atomic mass is 35.5. The Kier molecular flexibility index (Phi) is 5.01. The third kappa shape index (κ3) is 4.14. The third-order valence-electron chi connectivity index (χ3n) is 4.04. The van der Waals surface area contributed by atoms with Gasteiger partial charge in [0.15, 0.2) is 0 Å². The van der Waals surface area contributed by atoms with Gasteiger partial charge in [0.25, 0.3) is 5.91 Å². The van der Waals surface area contributed by atoms with Gasteiger partial charge in [0, 0.05) is 16.5 Å². The minimum Gasteiger partial charge on any atom is -0.338 e. The second-order valence-electron chi connectivity index (χ2n) is 7.11. The molecule has 1 unspecified atom stereocenters. The highest BCUT2D eigenvalue weighted by Crippen LogP contribution is 2.27. The van der Waals surface area contributed by atoms with Gasteiger partial charge in [-0.2, -0.15) is 0 Å². The van der Waals surface area contributed by atoms with Crippen molar-refractivity contribution in [3.63, 3.8) is 0 Å². The molecule has 1 aliphatic heterocycles. The molecule has 1 aliphatic rings. The minimum atomic E-state index is -0.446. The Labute approximate surface area is 152 Å². The van der Waals surface area contributed by atoms with Crippen LogP contribution in [0.15, 0.2) is 34.9 Å². The summed E-state index contributed by atoms with van der Waals surface area (Å²) in [5.41, 5.74) is 1.44. The summed E-state index contributed by atoms with van der Waals surface area (Å²) in [5.74, 6) is 0.155. The van der Waals surface area contributed by atoms with E-state index in [4.69, 9.17) is 21.0 Å². The molecule has 1 N–H and O–H groups in total. The van der Waals surface area contributed by atoms with Crippen LogP contribution in [0.4, 0.5) is 11.6 Å². The smallest absolute Gasteiger partial charge is 0.252 e. The monoisotopic (exact) mass is 363 g/mol. The van der Waals surface area contributed by atoms with Gasteiger partial charge in [0.1, 0.15) is 6.04 Å². The number of aromatic nitrogens is 1. The zero-order valence-electron chi connectivity index (χ0n) is 14.6. The molecule has 134 valence electrons. The van der Waals surface area contributed by atoms with E-state index in [0.29, 0.717) is 23.9 Å². The van der Waals surface area contributed by atoms with E-state index in [2.05, 4.69) is 10.5 Å². The number of amides is 1. The van der Waals surface area contributed by atoms with Crippen molar-refractivity contribution in [3.8, 4) is 0 Å². The molecule has 1 fully saturated rings. The first-order valence-corrected chi connectivity index (χ1v) is 8.68. The van der Waals surface area contributed by atoms with E-state index in [9.17, 15) is 4.79 Å². The van der Waals surface area contributed by atoms with E-state index in [1.165, 1.54) is 0 Å². The van der Waals surface area contributed by atoms with Crippen molar-refractivity contribution in [1.82, 2.24) is 5.16 Å². The molecule has 1 saturated heterocycles. The number of hydrogen-bond acceptors (Lipinski definition) is 5. The maximum absolute atomic E-state index is 12.7. The molecule has 0 bridgehead atoms. The summed E-state index contributed by atoms with van der Waals surface area (Å²) in [6.07, 6.45) is 1.50. The van der Waals surface area contributed by atoms with E-state index in [-0.39, 0.29) is 11.3 Å². The number of anilines is 2. The van der Waals surface area contributed by atoms with E-state index in [0.717, 1.165) is 17.8 Å². The molecule has 1 atom stereocenters. The molecule has 0 radical (unpaired) electrons. The van der Waals surface area contributed by atoms with Crippen LogP contribution < -0.4 is 10.4 Å². The third-order valence-corrected chi connectivity index (χ3v) is 4.30. The molecule has 6 nitrogen and oxygen atoms in total. The highest BCUT2D eigenvalue weighted by molar-refractivity contribution is 6.30. The van der Waals surface area contributed by atoms with Gasteiger partial charge in [-0.25, -0.2) is 5.06 Å². The van der Waals surface area contributed by atoms with Gasteiger partial charge in [-0.3, -0.25) is 14.9 Å². The van der Waals surface area contributed by atoms with Crippen molar-refractivity contribution in [3.05, 3.63) is 41.0 Å². The predicted octanol–water partition coefficient (Wildman–Crippen LogP) is 4.16. The van der Waals surface area contributed by atoms with Crippen LogP contribution in [0.3, 0.4) is 0 Å². The molecule has 1 amide bonds. The van der Waals surface area contributed by atoms with Gasteiger partial charge < -0.3 is 4.52 Å². The minimum absolute atomic E-state index is 0.143. The molecule has 0 spiro atoms. The topological polar surface area (TPSA) is 67.6 Å². The summed E-state index contributed by atoms with van der Waals surface area (Å²) in [5, 5.41) is 9.09. The average molecular weight is 364 g/mol. The Hall–Kier alpha value is -2.05. The summed E-state index contributed by atoms with van der Waals surface area (Å²) in [6.45, 7) is 6.68. The fourth-order valence-corrected chi connectivity index (χ4v) is 2.75. The lowest BCUT2D eigenvalue weighted by atomic mass is 9.92. The number of nitrogens with one attached hydrogen (secondary N) is 1. The van der Waals surface area contributed by atoms with Gasteiger partial charge in [-0.15, -0.1) is 0 Å². The first-order chi connectivity index (χ1) is 11.8. The zero-order chi connectivity index (χ0) is 18.0. The van der Waals surface area contributed by atoms with Crippen LogP contribution in [-0.2, 0) is 15.0 Å². The van der Waals surface area contributed by atoms with Crippen LogP contribution in [0, 0.1) is 0 Å². The molecular weight excluding hydrogens is 342 g/mol. The van der Waals surface area contributed by atoms with E-state index in [1.54, 1.807) is 23.3 Å². The molecule has 2 aromatic rings. The second kappa shape index (κ2) is 7.06. The summed E-state index contributed by atoms with van der Waals surface area (Å²) in [4.78, 5) is 18.4. The van der Waals surface area contributed by atoms with Crippen LogP contribution >= 0.6 is 11.6 Å². The lowest BCUT2D eigenvalue weighted by Crippen LogP contribution is -2.47. The number of rotatable bonds is 3. The number of halogens is 1.